The van der Waals surface area contributed by atoms with Crippen LogP contribution in [0.1, 0.15) is 22.7 Å². The monoisotopic (exact) mass is 455 g/mol. The summed E-state index contributed by atoms with van der Waals surface area (Å²) in [5, 5.41) is 11.5. The Balaban J connectivity index is 1.96. The third-order valence-electron chi connectivity index (χ3n) is 5.10. The third kappa shape index (κ3) is 3.82. The maximum absolute atomic E-state index is 13.6. The standard InChI is InChI=1S/C24H16Cl2FNO3/c1-13-3-2-4-17(11-13)28-21(14-5-8-16(27)9-6-14)20(23(30)24(28)31)22(29)15-7-10-18(25)19(26)12-15/h2-12,21,29H,1H3/b22-20-. The Hall–Kier alpha value is -3.15. The van der Waals surface area contributed by atoms with Crippen LogP contribution in [-0.4, -0.2) is 16.8 Å². The zero-order chi connectivity index (χ0) is 22.3. The summed E-state index contributed by atoms with van der Waals surface area (Å²) in [6.45, 7) is 1.86. The van der Waals surface area contributed by atoms with E-state index in [2.05, 4.69) is 0 Å². The van der Waals surface area contributed by atoms with Crippen molar-refractivity contribution in [3.8, 4) is 0 Å². The molecule has 0 bridgehead atoms. The van der Waals surface area contributed by atoms with E-state index in [0.717, 1.165) is 5.56 Å². The highest BCUT2D eigenvalue weighted by molar-refractivity contribution is 6.51. The van der Waals surface area contributed by atoms with Crippen LogP contribution in [0.3, 0.4) is 0 Å². The van der Waals surface area contributed by atoms with Crippen molar-refractivity contribution in [2.75, 3.05) is 4.90 Å². The Morgan fingerprint density at radius 3 is 2.32 bits per heavy atom. The number of aliphatic hydroxyl groups is 1. The van der Waals surface area contributed by atoms with E-state index in [1.807, 2.05) is 13.0 Å². The van der Waals surface area contributed by atoms with Gasteiger partial charge in [0.2, 0.25) is 0 Å². The van der Waals surface area contributed by atoms with E-state index >= 15 is 0 Å². The topological polar surface area (TPSA) is 57.6 Å². The lowest BCUT2D eigenvalue weighted by molar-refractivity contribution is -0.132. The van der Waals surface area contributed by atoms with Crippen LogP contribution in [-0.2, 0) is 9.59 Å². The van der Waals surface area contributed by atoms with E-state index in [0.29, 0.717) is 11.3 Å². The average Bonchev–Trinajstić information content (AvgIpc) is 3.01. The summed E-state index contributed by atoms with van der Waals surface area (Å²) in [5.41, 5.74) is 1.98. The van der Waals surface area contributed by atoms with E-state index in [1.54, 1.807) is 18.2 Å². The molecule has 1 N–H and O–H groups in total. The Kier molecular flexibility index (Phi) is 5.56. The van der Waals surface area contributed by atoms with Gasteiger partial charge in [-0.2, -0.15) is 0 Å². The van der Waals surface area contributed by atoms with Gasteiger partial charge in [0.05, 0.1) is 21.7 Å². The SMILES string of the molecule is Cc1cccc(N2C(=O)C(=O)/C(=C(\O)c3ccc(Cl)c(Cl)c3)C2c2ccc(F)cc2)c1. The number of carbonyl (C=O) groups is 2. The molecule has 1 atom stereocenters. The number of amides is 1. The number of nitrogens with zero attached hydrogens (tertiary/aromatic N) is 1. The van der Waals surface area contributed by atoms with Gasteiger partial charge in [-0.1, -0.05) is 47.5 Å². The molecule has 1 unspecified atom stereocenters. The Labute approximate surface area is 188 Å². The summed E-state index contributed by atoms with van der Waals surface area (Å²) in [6, 6.07) is 16.0. The van der Waals surface area contributed by atoms with Gasteiger partial charge in [0, 0.05) is 11.3 Å². The van der Waals surface area contributed by atoms with Crippen LogP contribution in [0, 0.1) is 12.7 Å². The average molecular weight is 456 g/mol. The number of anilines is 1. The maximum atomic E-state index is 13.6. The first-order valence-corrected chi connectivity index (χ1v) is 10.1. The van der Waals surface area contributed by atoms with Crippen LogP contribution in [0.25, 0.3) is 5.76 Å². The lowest BCUT2D eigenvalue weighted by Gasteiger charge is -2.25. The first-order chi connectivity index (χ1) is 14.8. The van der Waals surface area contributed by atoms with Crippen LogP contribution in [0.5, 0.6) is 0 Å². The van der Waals surface area contributed by atoms with Crippen molar-refractivity contribution in [1.29, 1.82) is 0 Å². The summed E-state index contributed by atoms with van der Waals surface area (Å²) >= 11 is 12.0. The van der Waals surface area contributed by atoms with Crippen molar-refractivity contribution in [3.63, 3.8) is 0 Å². The first-order valence-electron chi connectivity index (χ1n) is 9.36. The van der Waals surface area contributed by atoms with Crippen LogP contribution in [0.15, 0.2) is 72.3 Å². The van der Waals surface area contributed by atoms with Gasteiger partial charge >= 0.3 is 0 Å². The molecule has 31 heavy (non-hydrogen) atoms. The second kappa shape index (κ2) is 8.17. The van der Waals surface area contributed by atoms with Gasteiger partial charge in [0.15, 0.2) is 0 Å². The Morgan fingerprint density at radius 2 is 1.68 bits per heavy atom. The largest absolute Gasteiger partial charge is 0.507 e. The van der Waals surface area contributed by atoms with E-state index in [-0.39, 0.29) is 26.9 Å². The molecule has 1 fully saturated rings. The summed E-state index contributed by atoms with van der Waals surface area (Å²) in [4.78, 5) is 27.4. The summed E-state index contributed by atoms with van der Waals surface area (Å²) in [7, 11) is 0. The molecule has 0 saturated carbocycles. The molecule has 1 saturated heterocycles. The number of halogens is 3. The van der Waals surface area contributed by atoms with Crippen molar-refractivity contribution in [2.24, 2.45) is 0 Å². The van der Waals surface area contributed by atoms with Crippen molar-refractivity contribution in [3.05, 3.63) is 105 Å². The number of carbonyl (C=O) groups excluding carboxylic acids is 2. The third-order valence-corrected chi connectivity index (χ3v) is 5.84. The predicted molar refractivity (Wildman–Crippen MR) is 119 cm³/mol. The molecule has 1 aliphatic rings. The molecule has 0 radical (unpaired) electrons. The van der Waals surface area contributed by atoms with Crippen molar-refractivity contribution in [1.82, 2.24) is 0 Å². The number of aryl methyl sites for hydroxylation is 1. The van der Waals surface area contributed by atoms with E-state index in [9.17, 15) is 19.1 Å². The first kappa shape index (κ1) is 21.1. The highest BCUT2D eigenvalue weighted by Crippen LogP contribution is 2.42. The van der Waals surface area contributed by atoms with Gasteiger partial charge in [-0.05, 0) is 60.5 Å². The van der Waals surface area contributed by atoms with E-state index < -0.39 is 23.5 Å². The molecule has 1 aliphatic heterocycles. The van der Waals surface area contributed by atoms with Crippen LogP contribution < -0.4 is 4.90 Å². The minimum Gasteiger partial charge on any atom is -0.507 e. The van der Waals surface area contributed by atoms with Gasteiger partial charge in [-0.25, -0.2) is 4.39 Å². The smallest absolute Gasteiger partial charge is 0.300 e. The fourth-order valence-corrected chi connectivity index (χ4v) is 3.93. The molecule has 4 rings (SSSR count). The summed E-state index contributed by atoms with van der Waals surface area (Å²) in [6.07, 6.45) is 0. The summed E-state index contributed by atoms with van der Waals surface area (Å²) < 4.78 is 13.6. The van der Waals surface area contributed by atoms with Crippen molar-refractivity contribution in [2.45, 2.75) is 13.0 Å². The molecule has 0 aromatic heterocycles. The van der Waals surface area contributed by atoms with Gasteiger partial charge in [-0.3, -0.25) is 14.5 Å². The molecule has 1 heterocycles. The number of ketones is 1. The maximum Gasteiger partial charge on any atom is 0.300 e. The molecule has 4 nitrogen and oxygen atoms in total. The predicted octanol–water partition coefficient (Wildman–Crippen LogP) is 6.07. The van der Waals surface area contributed by atoms with Gasteiger partial charge < -0.3 is 5.11 Å². The van der Waals surface area contributed by atoms with Crippen LogP contribution in [0.4, 0.5) is 10.1 Å². The minimum atomic E-state index is -0.947. The summed E-state index contributed by atoms with van der Waals surface area (Å²) in [5.74, 6) is -2.48. The Bertz CT molecular complexity index is 1240. The number of Topliss-reactive ketones (excluding diaryl/α,β-unsaturated/α-hetero) is 1. The molecular weight excluding hydrogens is 440 g/mol. The van der Waals surface area contributed by atoms with Crippen LogP contribution >= 0.6 is 23.2 Å². The molecule has 0 aliphatic carbocycles. The molecule has 156 valence electrons. The van der Waals surface area contributed by atoms with Crippen LogP contribution in [0.2, 0.25) is 10.0 Å². The second-order valence-corrected chi connectivity index (χ2v) is 8.00. The van der Waals surface area contributed by atoms with Crippen molar-refractivity contribution < 1.29 is 19.1 Å². The highest BCUT2D eigenvalue weighted by atomic mass is 35.5. The van der Waals surface area contributed by atoms with Gasteiger partial charge in [0.25, 0.3) is 11.7 Å². The number of aliphatic hydroxyl groups excluding tert-OH is 1. The van der Waals surface area contributed by atoms with Gasteiger partial charge in [0.1, 0.15) is 11.6 Å². The minimum absolute atomic E-state index is 0.114. The highest BCUT2D eigenvalue weighted by Gasteiger charge is 2.47. The molecule has 3 aromatic rings. The fraction of sp³-hybridized carbons (Fsp3) is 0.0833. The normalized spacial score (nSPS) is 17.9. The number of benzene rings is 3. The zero-order valence-electron chi connectivity index (χ0n) is 16.3. The molecule has 7 heteroatoms. The van der Waals surface area contributed by atoms with E-state index in [1.165, 1.54) is 47.4 Å². The Morgan fingerprint density at radius 1 is 0.968 bits per heavy atom. The zero-order valence-corrected chi connectivity index (χ0v) is 17.8. The molecular formula is C24H16Cl2FNO3. The van der Waals surface area contributed by atoms with Gasteiger partial charge in [-0.15, -0.1) is 0 Å². The second-order valence-electron chi connectivity index (χ2n) is 7.19. The number of hydrogen-bond acceptors (Lipinski definition) is 3. The molecule has 3 aromatic carbocycles. The number of hydrogen-bond donors (Lipinski definition) is 1. The molecule has 0 spiro atoms. The quantitative estimate of drug-likeness (QED) is 0.296. The molecule has 1 amide bonds. The van der Waals surface area contributed by atoms with E-state index in [4.69, 9.17) is 23.2 Å². The lowest BCUT2D eigenvalue weighted by Crippen LogP contribution is -2.29. The number of rotatable bonds is 3. The lowest BCUT2D eigenvalue weighted by atomic mass is 9.95. The fourth-order valence-electron chi connectivity index (χ4n) is 3.64. The van der Waals surface area contributed by atoms with Crippen molar-refractivity contribution >= 4 is 46.3 Å².